The lowest BCUT2D eigenvalue weighted by Gasteiger charge is -2.08. The number of nitrogens with two attached hydrogens (primary N) is 1. The minimum absolute atomic E-state index is 0. The number of halogens is 1. The second-order valence-corrected chi connectivity index (χ2v) is 6.78. The normalized spacial score (nSPS) is 10.3. The molecule has 25 heavy (non-hydrogen) atoms. The number of benzene rings is 1. The Labute approximate surface area is 158 Å². The smallest absolute Gasteiger partial charge is 0.341 e. The Hall–Kier alpha value is -2.12. The molecule has 2 aromatic heterocycles. The summed E-state index contributed by atoms with van der Waals surface area (Å²) in [5.74, 6) is 0.747. The largest absolute Gasteiger partial charge is 0.489 e. The Kier molecular flexibility index (Phi) is 6.39. The molecule has 2 heterocycles. The summed E-state index contributed by atoms with van der Waals surface area (Å²) in [4.78, 5) is 16.2. The third-order valence-electron chi connectivity index (χ3n) is 3.40. The van der Waals surface area contributed by atoms with Gasteiger partial charge in [0, 0.05) is 21.6 Å². The average molecular weight is 423 g/mol. The lowest BCUT2D eigenvalue weighted by molar-refractivity contribution is 0.0528. The van der Waals surface area contributed by atoms with Gasteiger partial charge in [-0.05, 0) is 36.6 Å². The Bertz CT molecular complexity index is 878. The van der Waals surface area contributed by atoms with E-state index in [9.17, 15) is 4.79 Å². The molecular weight excluding hydrogens is 404 g/mol. The SMILES string of the molecule is C.CCOC(=O)c1cnc(N)c2c(COc3ccc(Br)cc3)csc12. The van der Waals surface area contributed by atoms with Crippen LogP contribution in [0.2, 0.25) is 0 Å². The molecule has 0 radical (unpaired) electrons. The van der Waals surface area contributed by atoms with Crippen LogP contribution in [0, 0.1) is 0 Å². The van der Waals surface area contributed by atoms with Gasteiger partial charge >= 0.3 is 5.97 Å². The van der Waals surface area contributed by atoms with E-state index in [1.54, 1.807) is 6.92 Å². The lowest BCUT2D eigenvalue weighted by Crippen LogP contribution is -2.06. The maximum absolute atomic E-state index is 12.1. The Balaban J connectivity index is 0.00000225. The van der Waals surface area contributed by atoms with Crippen LogP contribution < -0.4 is 10.5 Å². The molecule has 2 N–H and O–H groups in total. The molecule has 0 aliphatic heterocycles. The molecule has 0 fully saturated rings. The van der Waals surface area contributed by atoms with Crippen molar-refractivity contribution < 1.29 is 14.3 Å². The van der Waals surface area contributed by atoms with Gasteiger partial charge in [-0.1, -0.05) is 23.4 Å². The molecule has 0 bridgehead atoms. The van der Waals surface area contributed by atoms with Crippen molar-refractivity contribution in [1.82, 2.24) is 4.98 Å². The number of pyridine rings is 1. The molecule has 5 nitrogen and oxygen atoms in total. The highest BCUT2D eigenvalue weighted by molar-refractivity contribution is 9.10. The minimum Gasteiger partial charge on any atom is -0.489 e. The van der Waals surface area contributed by atoms with Gasteiger partial charge in [-0.25, -0.2) is 9.78 Å². The van der Waals surface area contributed by atoms with Crippen LogP contribution in [0.15, 0.2) is 40.3 Å². The molecule has 0 unspecified atom stereocenters. The van der Waals surface area contributed by atoms with Crippen LogP contribution >= 0.6 is 27.3 Å². The van der Waals surface area contributed by atoms with Gasteiger partial charge in [0.1, 0.15) is 18.2 Å². The van der Waals surface area contributed by atoms with Crippen LogP contribution in [0.25, 0.3) is 10.1 Å². The predicted octanol–water partition coefficient (Wildman–Crippen LogP) is 5.03. The molecule has 3 rings (SSSR count). The average Bonchev–Trinajstić information content (AvgIpc) is 3.00. The molecule has 0 amide bonds. The number of carbonyl (C=O) groups excluding carboxylic acids is 1. The summed E-state index contributed by atoms with van der Waals surface area (Å²) >= 11 is 4.83. The summed E-state index contributed by atoms with van der Waals surface area (Å²) in [5, 5.41) is 2.69. The highest BCUT2D eigenvalue weighted by Crippen LogP contribution is 2.33. The van der Waals surface area contributed by atoms with Crippen LogP contribution in [0.4, 0.5) is 5.82 Å². The van der Waals surface area contributed by atoms with Gasteiger partial charge in [-0.15, -0.1) is 11.3 Å². The summed E-state index contributed by atoms with van der Waals surface area (Å²) in [6, 6.07) is 7.58. The number of ether oxygens (including phenoxy) is 2. The third kappa shape index (κ3) is 4.11. The zero-order chi connectivity index (χ0) is 17.1. The lowest BCUT2D eigenvalue weighted by atomic mass is 10.1. The molecule has 7 heteroatoms. The Morgan fingerprint density at radius 1 is 1.32 bits per heavy atom. The van der Waals surface area contributed by atoms with Gasteiger partial charge in [-0.3, -0.25) is 0 Å². The number of rotatable bonds is 5. The van der Waals surface area contributed by atoms with Crippen molar-refractivity contribution in [3.05, 3.63) is 51.4 Å². The summed E-state index contributed by atoms with van der Waals surface area (Å²) in [6.45, 7) is 2.43. The number of anilines is 1. The molecular formula is C18H19BrN2O3S. The first kappa shape index (κ1) is 19.2. The number of aromatic nitrogens is 1. The number of thiophene rings is 1. The first-order valence-corrected chi connectivity index (χ1v) is 8.97. The minimum atomic E-state index is -0.391. The van der Waals surface area contributed by atoms with E-state index < -0.39 is 5.97 Å². The zero-order valence-corrected chi connectivity index (χ0v) is 15.3. The van der Waals surface area contributed by atoms with Gasteiger partial charge in [0.2, 0.25) is 0 Å². The first-order chi connectivity index (χ1) is 11.6. The number of fused-ring (bicyclic) bond motifs is 1. The maximum Gasteiger partial charge on any atom is 0.341 e. The van der Waals surface area contributed by atoms with Crippen LogP contribution in [0.3, 0.4) is 0 Å². The van der Waals surface area contributed by atoms with Crippen LogP contribution in [0.5, 0.6) is 5.75 Å². The number of hydrogen-bond donors (Lipinski definition) is 1. The number of nitrogen functional groups attached to an aromatic ring is 1. The van der Waals surface area contributed by atoms with Crippen molar-refractivity contribution in [1.29, 1.82) is 0 Å². The van der Waals surface area contributed by atoms with Crippen molar-refractivity contribution in [3.8, 4) is 5.75 Å². The number of esters is 1. The third-order valence-corrected chi connectivity index (χ3v) is 4.99. The second kappa shape index (κ2) is 8.31. The van der Waals surface area contributed by atoms with Gasteiger partial charge in [0.25, 0.3) is 0 Å². The van der Waals surface area contributed by atoms with Crippen LogP contribution in [-0.4, -0.2) is 17.6 Å². The standard InChI is InChI=1S/C17H15BrN2O3S.CH4/c1-2-22-17(21)13-7-20-16(19)14-10(9-24-15(13)14)8-23-12-5-3-11(18)4-6-12;/h3-7,9H,2,8H2,1H3,(H2,19,20);1H4. The van der Waals surface area contributed by atoms with E-state index >= 15 is 0 Å². The first-order valence-electron chi connectivity index (χ1n) is 7.30. The topological polar surface area (TPSA) is 74.4 Å². The maximum atomic E-state index is 12.1. The van der Waals surface area contributed by atoms with E-state index in [4.69, 9.17) is 15.2 Å². The van der Waals surface area contributed by atoms with E-state index in [1.165, 1.54) is 17.5 Å². The monoisotopic (exact) mass is 422 g/mol. The van der Waals surface area contributed by atoms with E-state index in [0.717, 1.165) is 25.9 Å². The van der Waals surface area contributed by atoms with Gasteiger partial charge in [0.15, 0.2) is 0 Å². The van der Waals surface area contributed by atoms with Gasteiger partial charge in [-0.2, -0.15) is 0 Å². The summed E-state index contributed by atoms with van der Waals surface area (Å²) in [6.07, 6.45) is 1.46. The van der Waals surface area contributed by atoms with Crippen molar-refractivity contribution in [2.24, 2.45) is 0 Å². The fourth-order valence-electron chi connectivity index (χ4n) is 2.28. The predicted molar refractivity (Wildman–Crippen MR) is 105 cm³/mol. The van der Waals surface area contributed by atoms with E-state index in [1.807, 2.05) is 29.6 Å². The van der Waals surface area contributed by atoms with Crippen molar-refractivity contribution in [2.75, 3.05) is 12.3 Å². The number of nitrogens with zero attached hydrogens (tertiary/aromatic N) is 1. The molecule has 0 spiro atoms. The summed E-state index contributed by atoms with van der Waals surface area (Å²) in [7, 11) is 0. The number of hydrogen-bond acceptors (Lipinski definition) is 6. The molecule has 0 aliphatic rings. The van der Waals surface area contributed by atoms with Gasteiger partial charge < -0.3 is 15.2 Å². The van der Waals surface area contributed by atoms with Crippen LogP contribution in [-0.2, 0) is 11.3 Å². The highest BCUT2D eigenvalue weighted by atomic mass is 79.9. The number of carbonyl (C=O) groups is 1. The highest BCUT2D eigenvalue weighted by Gasteiger charge is 2.18. The van der Waals surface area contributed by atoms with Crippen molar-refractivity contribution >= 4 is 49.1 Å². The summed E-state index contributed by atoms with van der Waals surface area (Å²) in [5.41, 5.74) is 7.34. The summed E-state index contributed by atoms with van der Waals surface area (Å²) < 4.78 is 12.6. The van der Waals surface area contributed by atoms with Crippen molar-refractivity contribution in [3.63, 3.8) is 0 Å². The fraction of sp³-hybridized carbons (Fsp3) is 0.222. The van der Waals surface area contributed by atoms with Gasteiger partial charge in [0.05, 0.1) is 16.9 Å². The van der Waals surface area contributed by atoms with E-state index in [2.05, 4.69) is 20.9 Å². The second-order valence-electron chi connectivity index (χ2n) is 4.99. The molecule has 1 aromatic carbocycles. The molecule has 0 saturated heterocycles. The molecule has 0 aliphatic carbocycles. The zero-order valence-electron chi connectivity index (χ0n) is 12.9. The fourth-order valence-corrected chi connectivity index (χ4v) is 3.61. The van der Waals surface area contributed by atoms with E-state index in [0.29, 0.717) is 24.6 Å². The van der Waals surface area contributed by atoms with E-state index in [-0.39, 0.29) is 7.43 Å². The molecule has 3 aromatic rings. The van der Waals surface area contributed by atoms with Crippen molar-refractivity contribution in [2.45, 2.75) is 21.0 Å². The Morgan fingerprint density at radius 2 is 2.04 bits per heavy atom. The Morgan fingerprint density at radius 3 is 2.72 bits per heavy atom. The quantitative estimate of drug-likeness (QED) is 0.583. The molecule has 0 saturated carbocycles. The van der Waals surface area contributed by atoms with Crippen LogP contribution in [0.1, 0.15) is 30.3 Å². The molecule has 0 atom stereocenters. The molecule has 132 valence electrons.